The Hall–Kier alpha value is -1.02. The lowest BCUT2D eigenvalue weighted by Crippen LogP contribution is -2.43. The fourth-order valence-electron chi connectivity index (χ4n) is 1.91. The molecular formula is C18H31NO. The van der Waals surface area contributed by atoms with Crippen LogP contribution in [-0.4, -0.2) is 18.2 Å². The summed E-state index contributed by atoms with van der Waals surface area (Å²) < 4.78 is 6.11. The van der Waals surface area contributed by atoms with Gasteiger partial charge in [0.15, 0.2) is 0 Å². The summed E-state index contributed by atoms with van der Waals surface area (Å²) in [5, 5.41) is 3.56. The molecule has 1 N–H and O–H groups in total. The number of benzene rings is 1. The largest absolute Gasteiger partial charge is 0.489 e. The van der Waals surface area contributed by atoms with Crippen LogP contribution in [0.2, 0.25) is 0 Å². The Morgan fingerprint density at radius 1 is 1.20 bits per heavy atom. The number of ether oxygens (including phenoxy) is 1. The first-order chi connectivity index (χ1) is 9.25. The number of rotatable bonds is 7. The smallest absolute Gasteiger partial charge is 0.122 e. The standard InChI is InChI=1S/C18H31NO/c1-8-18(6,7)19-12-15(5)20-17-11-16(13(2)3)10-9-14(17)4/h9-11,13,15,19H,8,12H2,1-7H3. The van der Waals surface area contributed by atoms with Crippen LogP contribution in [0.5, 0.6) is 5.75 Å². The quantitative estimate of drug-likeness (QED) is 0.782. The first-order valence-electron chi connectivity index (χ1n) is 7.77. The predicted octanol–water partition coefficient (Wildman–Crippen LogP) is 4.66. The third kappa shape index (κ3) is 5.16. The van der Waals surface area contributed by atoms with Gasteiger partial charge in [0.25, 0.3) is 0 Å². The molecule has 0 aromatic heterocycles. The van der Waals surface area contributed by atoms with E-state index in [1.165, 1.54) is 11.1 Å². The molecule has 2 nitrogen and oxygen atoms in total. The minimum atomic E-state index is 0.168. The monoisotopic (exact) mass is 277 g/mol. The molecule has 20 heavy (non-hydrogen) atoms. The third-order valence-electron chi connectivity index (χ3n) is 3.96. The van der Waals surface area contributed by atoms with Crippen LogP contribution in [0.25, 0.3) is 0 Å². The van der Waals surface area contributed by atoms with Gasteiger partial charge in [0.05, 0.1) is 0 Å². The minimum absolute atomic E-state index is 0.168. The van der Waals surface area contributed by atoms with Crippen molar-refractivity contribution in [2.75, 3.05) is 6.54 Å². The van der Waals surface area contributed by atoms with E-state index in [0.717, 1.165) is 18.7 Å². The van der Waals surface area contributed by atoms with Crippen molar-refractivity contribution in [2.24, 2.45) is 0 Å². The van der Waals surface area contributed by atoms with Crippen molar-refractivity contribution >= 4 is 0 Å². The third-order valence-corrected chi connectivity index (χ3v) is 3.96. The second-order valence-corrected chi connectivity index (χ2v) is 6.73. The summed E-state index contributed by atoms with van der Waals surface area (Å²) in [6.45, 7) is 16.2. The van der Waals surface area contributed by atoms with Crippen LogP contribution in [0.3, 0.4) is 0 Å². The molecule has 0 saturated heterocycles. The van der Waals surface area contributed by atoms with Crippen LogP contribution in [0.4, 0.5) is 0 Å². The maximum absolute atomic E-state index is 6.11. The van der Waals surface area contributed by atoms with Gasteiger partial charge in [-0.15, -0.1) is 0 Å². The molecule has 0 bridgehead atoms. The van der Waals surface area contributed by atoms with Crippen molar-refractivity contribution in [3.63, 3.8) is 0 Å². The lowest BCUT2D eigenvalue weighted by Gasteiger charge is -2.27. The first-order valence-corrected chi connectivity index (χ1v) is 7.77. The van der Waals surface area contributed by atoms with Crippen molar-refractivity contribution < 1.29 is 4.74 Å². The molecule has 0 radical (unpaired) electrons. The SMILES string of the molecule is CCC(C)(C)NCC(C)Oc1cc(C(C)C)ccc1C. The molecule has 1 aromatic rings. The molecule has 114 valence electrons. The molecule has 1 rings (SSSR count). The van der Waals surface area contributed by atoms with E-state index < -0.39 is 0 Å². The highest BCUT2D eigenvalue weighted by atomic mass is 16.5. The van der Waals surface area contributed by atoms with Crippen LogP contribution in [0.15, 0.2) is 18.2 Å². The van der Waals surface area contributed by atoms with Gasteiger partial charge in [0.1, 0.15) is 11.9 Å². The second kappa shape index (κ2) is 7.12. The van der Waals surface area contributed by atoms with Gasteiger partial charge in [0.2, 0.25) is 0 Å². The molecule has 0 aliphatic heterocycles. The number of hydrogen-bond donors (Lipinski definition) is 1. The van der Waals surface area contributed by atoms with Crippen molar-refractivity contribution in [1.29, 1.82) is 0 Å². The van der Waals surface area contributed by atoms with E-state index in [9.17, 15) is 0 Å². The topological polar surface area (TPSA) is 21.3 Å². The highest BCUT2D eigenvalue weighted by Crippen LogP contribution is 2.25. The lowest BCUT2D eigenvalue weighted by atomic mass is 10.0. The van der Waals surface area contributed by atoms with Crippen LogP contribution in [0, 0.1) is 6.92 Å². The maximum atomic E-state index is 6.11. The summed E-state index contributed by atoms with van der Waals surface area (Å²) in [7, 11) is 0. The summed E-state index contributed by atoms with van der Waals surface area (Å²) in [6.07, 6.45) is 1.28. The average molecular weight is 277 g/mol. The van der Waals surface area contributed by atoms with E-state index in [1.54, 1.807) is 0 Å². The van der Waals surface area contributed by atoms with Gasteiger partial charge in [-0.1, -0.05) is 32.9 Å². The van der Waals surface area contributed by atoms with Crippen molar-refractivity contribution in [2.45, 2.75) is 72.4 Å². The van der Waals surface area contributed by atoms with Gasteiger partial charge >= 0.3 is 0 Å². The number of aryl methyl sites for hydroxylation is 1. The molecule has 0 saturated carbocycles. The van der Waals surface area contributed by atoms with Gasteiger partial charge in [-0.25, -0.2) is 0 Å². The maximum Gasteiger partial charge on any atom is 0.122 e. The minimum Gasteiger partial charge on any atom is -0.489 e. The molecule has 2 heteroatoms. The molecule has 0 amide bonds. The molecule has 0 aliphatic carbocycles. The molecule has 0 aliphatic rings. The summed E-state index contributed by atoms with van der Waals surface area (Å²) in [6, 6.07) is 6.53. The molecule has 1 aromatic carbocycles. The number of hydrogen-bond acceptors (Lipinski definition) is 2. The Morgan fingerprint density at radius 3 is 2.40 bits per heavy atom. The Balaban J connectivity index is 2.66. The summed E-state index contributed by atoms with van der Waals surface area (Å²) in [4.78, 5) is 0. The van der Waals surface area contributed by atoms with Crippen LogP contribution in [-0.2, 0) is 0 Å². The average Bonchev–Trinajstić information content (AvgIpc) is 2.39. The van der Waals surface area contributed by atoms with Gasteiger partial charge in [-0.3, -0.25) is 0 Å². The Labute approximate surface area is 124 Å². The zero-order valence-corrected chi connectivity index (χ0v) is 14.2. The van der Waals surface area contributed by atoms with Crippen LogP contribution in [0.1, 0.15) is 65.0 Å². The normalized spacial score (nSPS) is 13.6. The predicted molar refractivity (Wildman–Crippen MR) is 87.7 cm³/mol. The second-order valence-electron chi connectivity index (χ2n) is 6.73. The Bertz CT molecular complexity index is 423. The fraction of sp³-hybridized carbons (Fsp3) is 0.667. The molecule has 0 heterocycles. The van der Waals surface area contributed by atoms with Crippen molar-refractivity contribution in [3.05, 3.63) is 29.3 Å². The van der Waals surface area contributed by atoms with Crippen LogP contribution >= 0.6 is 0 Å². The molecule has 0 fully saturated rings. The number of nitrogens with one attached hydrogen (secondary N) is 1. The van der Waals surface area contributed by atoms with Crippen molar-refractivity contribution in [3.8, 4) is 5.75 Å². The Morgan fingerprint density at radius 2 is 1.85 bits per heavy atom. The molecule has 0 spiro atoms. The van der Waals surface area contributed by atoms with E-state index in [0.29, 0.717) is 5.92 Å². The zero-order valence-electron chi connectivity index (χ0n) is 14.2. The Kier molecular flexibility index (Phi) is 6.07. The van der Waals surface area contributed by atoms with E-state index in [-0.39, 0.29) is 11.6 Å². The molecule has 1 unspecified atom stereocenters. The molecular weight excluding hydrogens is 246 g/mol. The highest BCUT2D eigenvalue weighted by molar-refractivity contribution is 5.37. The summed E-state index contributed by atoms with van der Waals surface area (Å²) in [5.74, 6) is 1.55. The first kappa shape index (κ1) is 17.0. The zero-order chi connectivity index (χ0) is 15.3. The summed E-state index contributed by atoms with van der Waals surface area (Å²) in [5.41, 5.74) is 2.71. The van der Waals surface area contributed by atoms with E-state index in [4.69, 9.17) is 4.74 Å². The molecule has 1 atom stereocenters. The van der Waals surface area contributed by atoms with Gasteiger partial charge in [-0.2, -0.15) is 0 Å². The van der Waals surface area contributed by atoms with E-state index in [1.807, 2.05) is 0 Å². The fourth-order valence-corrected chi connectivity index (χ4v) is 1.91. The lowest BCUT2D eigenvalue weighted by molar-refractivity contribution is 0.197. The van der Waals surface area contributed by atoms with E-state index in [2.05, 4.69) is 72.0 Å². The van der Waals surface area contributed by atoms with Crippen molar-refractivity contribution in [1.82, 2.24) is 5.32 Å². The van der Waals surface area contributed by atoms with Crippen LogP contribution < -0.4 is 10.1 Å². The van der Waals surface area contributed by atoms with Gasteiger partial charge in [0, 0.05) is 12.1 Å². The summed E-state index contributed by atoms with van der Waals surface area (Å²) >= 11 is 0. The van der Waals surface area contributed by atoms with Gasteiger partial charge in [-0.05, 0) is 57.2 Å². The van der Waals surface area contributed by atoms with E-state index >= 15 is 0 Å². The highest BCUT2D eigenvalue weighted by Gasteiger charge is 2.16. The van der Waals surface area contributed by atoms with Gasteiger partial charge < -0.3 is 10.1 Å².